The molecular formula is C13H14N4O4. The molecule has 2 aromatic rings. The molecule has 1 amide bonds. The van der Waals surface area contributed by atoms with Gasteiger partial charge in [-0.1, -0.05) is 0 Å². The van der Waals surface area contributed by atoms with Gasteiger partial charge < -0.3 is 15.1 Å². The van der Waals surface area contributed by atoms with Crippen molar-refractivity contribution in [3.05, 3.63) is 52.1 Å². The average Bonchev–Trinajstić information content (AvgIpc) is 3.00. The summed E-state index contributed by atoms with van der Waals surface area (Å²) in [6.45, 7) is 1.72. The number of pyridine rings is 1. The predicted octanol–water partition coefficient (Wildman–Crippen LogP) is 2.12. The summed E-state index contributed by atoms with van der Waals surface area (Å²) in [6.07, 6.45) is 2.55. The van der Waals surface area contributed by atoms with Crippen molar-refractivity contribution in [2.75, 3.05) is 12.4 Å². The van der Waals surface area contributed by atoms with Crippen molar-refractivity contribution < 1.29 is 14.1 Å². The smallest absolute Gasteiger partial charge is 0.300 e. The van der Waals surface area contributed by atoms with Gasteiger partial charge >= 0.3 is 0 Å². The molecule has 0 saturated carbocycles. The van der Waals surface area contributed by atoms with Gasteiger partial charge in [0.2, 0.25) is 0 Å². The third kappa shape index (κ3) is 3.16. The van der Waals surface area contributed by atoms with Crippen LogP contribution in [0.2, 0.25) is 0 Å². The minimum atomic E-state index is -0.640. The monoisotopic (exact) mass is 290 g/mol. The Hall–Kier alpha value is -2.90. The zero-order chi connectivity index (χ0) is 15.4. The molecule has 0 aliphatic heterocycles. The Kier molecular flexibility index (Phi) is 4.17. The van der Waals surface area contributed by atoms with E-state index in [0.717, 1.165) is 6.20 Å². The Labute approximate surface area is 120 Å². The summed E-state index contributed by atoms with van der Waals surface area (Å²) in [5.74, 6) is 0.370. The van der Waals surface area contributed by atoms with Gasteiger partial charge in [-0.25, -0.2) is 4.98 Å². The molecule has 0 fully saturated rings. The molecular weight excluding hydrogens is 276 g/mol. The summed E-state index contributed by atoms with van der Waals surface area (Å²) in [6, 6.07) is 4.34. The van der Waals surface area contributed by atoms with Crippen molar-refractivity contribution in [1.82, 2.24) is 10.3 Å². The third-order valence-electron chi connectivity index (χ3n) is 2.90. The van der Waals surface area contributed by atoms with Crippen LogP contribution in [0.25, 0.3) is 0 Å². The van der Waals surface area contributed by atoms with E-state index in [1.165, 1.54) is 12.3 Å². The van der Waals surface area contributed by atoms with Gasteiger partial charge in [0.05, 0.1) is 17.2 Å². The van der Waals surface area contributed by atoms with Crippen LogP contribution in [0.1, 0.15) is 29.1 Å². The van der Waals surface area contributed by atoms with E-state index < -0.39 is 16.9 Å². The number of hydrogen-bond acceptors (Lipinski definition) is 6. The topological polar surface area (TPSA) is 110 Å². The molecule has 2 heterocycles. The highest BCUT2D eigenvalue weighted by Gasteiger charge is 2.23. The number of nitro groups is 1. The van der Waals surface area contributed by atoms with Gasteiger partial charge in [-0.15, -0.1) is 0 Å². The second-order valence-electron chi connectivity index (χ2n) is 4.30. The lowest BCUT2D eigenvalue weighted by Crippen LogP contribution is -2.27. The van der Waals surface area contributed by atoms with Gasteiger partial charge in [-0.2, -0.15) is 0 Å². The zero-order valence-electron chi connectivity index (χ0n) is 11.5. The maximum absolute atomic E-state index is 12.2. The lowest BCUT2D eigenvalue weighted by molar-refractivity contribution is -0.385. The van der Waals surface area contributed by atoms with Crippen molar-refractivity contribution in [3.8, 4) is 0 Å². The number of carbonyl (C=O) groups is 1. The lowest BCUT2D eigenvalue weighted by Gasteiger charge is -2.12. The number of nitrogens with one attached hydrogen (secondary N) is 2. The Morgan fingerprint density at radius 1 is 1.52 bits per heavy atom. The summed E-state index contributed by atoms with van der Waals surface area (Å²) < 4.78 is 5.18. The fourth-order valence-electron chi connectivity index (χ4n) is 1.80. The third-order valence-corrected chi connectivity index (χ3v) is 2.90. The SMILES string of the molecule is CNc1cc(C(=O)NC(C)c2ccco2)c([N+](=O)[O-])cn1. The van der Waals surface area contributed by atoms with Crippen molar-refractivity contribution in [3.63, 3.8) is 0 Å². The molecule has 0 bridgehead atoms. The molecule has 8 nitrogen and oxygen atoms in total. The van der Waals surface area contributed by atoms with Crippen molar-refractivity contribution >= 4 is 17.4 Å². The van der Waals surface area contributed by atoms with Gasteiger partial charge in [0.25, 0.3) is 11.6 Å². The van der Waals surface area contributed by atoms with Crippen LogP contribution in [0, 0.1) is 10.1 Å². The Morgan fingerprint density at radius 2 is 2.29 bits per heavy atom. The molecule has 1 unspecified atom stereocenters. The van der Waals surface area contributed by atoms with Crippen molar-refractivity contribution in [2.24, 2.45) is 0 Å². The number of nitrogens with zero attached hydrogens (tertiary/aromatic N) is 2. The van der Waals surface area contributed by atoms with E-state index >= 15 is 0 Å². The molecule has 0 aliphatic rings. The number of hydrogen-bond donors (Lipinski definition) is 2. The van der Waals surface area contributed by atoms with Gasteiger partial charge in [0, 0.05) is 13.1 Å². The zero-order valence-corrected chi connectivity index (χ0v) is 11.5. The highest BCUT2D eigenvalue weighted by atomic mass is 16.6. The van der Waals surface area contributed by atoms with Crippen LogP contribution < -0.4 is 10.6 Å². The first-order valence-corrected chi connectivity index (χ1v) is 6.19. The van der Waals surface area contributed by atoms with Gasteiger partial charge in [0.1, 0.15) is 23.3 Å². The summed E-state index contributed by atoms with van der Waals surface area (Å²) in [7, 11) is 1.61. The minimum Gasteiger partial charge on any atom is -0.467 e. The molecule has 0 saturated heterocycles. The standard InChI is InChI=1S/C13H14N4O4/c1-8(11-4-3-5-21-11)16-13(18)9-6-12(14-2)15-7-10(9)17(19)20/h3-8H,1-2H3,(H,14,15)(H,16,18). The number of furan rings is 1. The summed E-state index contributed by atoms with van der Waals surface area (Å²) >= 11 is 0. The molecule has 21 heavy (non-hydrogen) atoms. The molecule has 8 heteroatoms. The van der Waals surface area contributed by atoms with Gasteiger partial charge in [-0.05, 0) is 19.1 Å². The first-order chi connectivity index (χ1) is 10.0. The first-order valence-electron chi connectivity index (χ1n) is 6.19. The molecule has 1 atom stereocenters. The second-order valence-corrected chi connectivity index (χ2v) is 4.30. The maximum atomic E-state index is 12.2. The van der Waals surface area contributed by atoms with Gasteiger partial charge in [-0.3, -0.25) is 14.9 Å². The van der Waals surface area contributed by atoms with Gasteiger partial charge in [0.15, 0.2) is 0 Å². The first kappa shape index (κ1) is 14.5. The van der Waals surface area contributed by atoms with Crippen LogP contribution >= 0.6 is 0 Å². The minimum absolute atomic E-state index is 0.0576. The van der Waals surface area contributed by atoms with Crippen molar-refractivity contribution in [1.29, 1.82) is 0 Å². The Balaban J connectivity index is 2.27. The average molecular weight is 290 g/mol. The van der Waals surface area contributed by atoms with Crippen LogP contribution in [-0.2, 0) is 0 Å². The summed E-state index contributed by atoms with van der Waals surface area (Å²) in [5, 5.41) is 16.4. The number of aromatic nitrogens is 1. The van der Waals surface area contributed by atoms with E-state index in [1.54, 1.807) is 26.1 Å². The Morgan fingerprint density at radius 3 is 2.86 bits per heavy atom. The van der Waals surface area contributed by atoms with Crippen LogP contribution in [-0.4, -0.2) is 22.9 Å². The Bertz CT molecular complexity index is 654. The van der Waals surface area contributed by atoms with Crippen molar-refractivity contribution in [2.45, 2.75) is 13.0 Å². The number of amides is 1. The molecule has 0 radical (unpaired) electrons. The van der Waals surface area contributed by atoms with Crippen LogP contribution in [0.3, 0.4) is 0 Å². The quantitative estimate of drug-likeness (QED) is 0.644. The van der Waals surface area contributed by atoms with E-state index in [-0.39, 0.29) is 11.3 Å². The maximum Gasteiger partial charge on any atom is 0.300 e. The summed E-state index contributed by atoms with van der Waals surface area (Å²) in [5.41, 5.74) is -0.407. The van der Waals surface area contributed by atoms with E-state index in [1.807, 2.05) is 0 Å². The molecule has 2 N–H and O–H groups in total. The molecule has 0 aliphatic carbocycles. The number of carbonyl (C=O) groups excluding carboxylic acids is 1. The van der Waals surface area contributed by atoms with E-state index in [9.17, 15) is 14.9 Å². The van der Waals surface area contributed by atoms with Crippen LogP contribution in [0.5, 0.6) is 0 Å². The number of anilines is 1. The fourth-order valence-corrected chi connectivity index (χ4v) is 1.80. The normalized spacial score (nSPS) is 11.7. The number of rotatable bonds is 5. The molecule has 2 aromatic heterocycles. The predicted molar refractivity (Wildman–Crippen MR) is 75.0 cm³/mol. The fraction of sp³-hybridized carbons (Fsp3) is 0.231. The highest BCUT2D eigenvalue weighted by molar-refractivity contribution is 5.98. The second kappa shape index (κ2) is 6.04. The summed E-state index contributed by atoms with van der Waals surface area (Å²) in [4.78, 5) is 26.4. The van der Waals surface area contributed by atoms with Crippen LogP contribution in [0.15, 0.2) is 35.1 Å². The molecule has 2 rings (SSSR count). The van der Waals surface area contributed by atoms with E-state index in [4.69, 9.17) is 4.42 Å². The highest BCUT2D eigenvalue weighted by Crippen LogP contribution is 2.21. The molecule has 0 aromatic carbocycles. The van der Waals surface area contributed by atoms with E-state index in [0.29, 0.717) is 11.6 Å². The molecule has 0 spiro atoms. The van der Waals surface area contributed by atoms with Crippen LogP contribution in [0.4, 0.5) is 11.5 Å². The molecule has 110 valence electrons. The lowest BCUT2D eigenvalue weighted by atomic mass is 10.1. The van der Waals surface area contributed by atoms with E-state index in [2.05, 4.69) is 15.6 Å². The largest absolute Gasteiger partial charge is 0.467 e.